The van der Waals surface area contributed by atoms with Crippen LogP contribution in [0.1, 0.15) is 42.1 Å². The second kappa shape index (κ2) is 11.1. The van der Waals surface area contributed by atoms with Crippen LogP contribution < -0.4 is 19.5 Å². The number of carbonyl (C=O) groups excluding carboxylic acids is 2. The Hall–Kier alpha value is -3.22. The molecule has 7 nitrogen and oxygen atoms in total. The zero-order valence-corrected chi connectivity index (χ0v) is 20.1. The first-order valence-corrected chi connectivity index (χ1v) is 11.3. The van der Waals surface area contributed by atoms with Crippen molar-refractivity contribution < 1.29 is 23.8 Å². The predicted molar refractivity (Wildman–Crippen MR) is 127 cm³/mol. The summed E-state index contributed by atoms with van der Waals surface area (Å²) in [6, 6.07) is 12.7. The molecular weight excluding hydrogens is 420 g/mol. The number of hydrogen-bond donors (Lipinski definition) is 1. The zero-order chi connectivity index (χ0) is 24.0. The number of benzene rings is 2. The monoisotopic (exact) mass is 454 g/mol. The van der Waals surface area contributed by atoms with Crippen LogP contribution in [-0.2, 0) is 4.79 Å². The van der Waals surface area contributed by atoms with Gasteiger partial charge >= 0.3 is 0 Å². The standard InChI is InChI=1S/C26H34N2O5/c1-17(2)11-12-27-25(29)23-16-28(26(30)18-7-6-8-19(13-18)31-3)15-22(23)21-14-20(32-4)9-10-24(21)33-5/h6-10,13-14,17,22-23H,11-12,15-16H2,1-5H3,(H,27,29)/t22-,23+/m1/s1. The highest BCUT2D eigenvalue weighted by Crippen LogP contribution is 2.40. The van der Waals surface area contributed by atoms with Crippen LogP contribution in [0.15, 0.2) is 42.5 Å². The molecule has 1 aliphatic heterocycles. The van der Waals surface area contributed by atoms with Crippen molar-refractivity contribution in [3.05, 3.63) is 53.6 Å². The molecular formula is C26H34N2O5. The minimum atomic E-state index is -0.396. The molecule has 178 valence electrons. The van der Waals surface area contributed by atoms with E-state index in [-0.39, 0.29) is 17.7 Å². The number of carbonyl (C=O) groups is 2. The van der Waals surface area contributed by atoms with E-state index < -0.39 is 5.92 Å². The summed E-state index contributed by atoms with van der Waals surface area (Å²) in [5, 5.41) is 3.07. The summed E-state index contributed by atoms with van der Waals surface area (Å²) in [7, 11) is 4.79. The Morgan fingerprint density at radius 1 is 1.00 bits per heavy atom. The van der Waals surface area contributed by atoms with E-state index in [0.717, 1.165) is 12.0 Å². The maximum Gasteiger partial charge on any atom is 0.254 e. The van der Waals surface area contributed by atoms with Crippen LogP contribution in [0.3, 0.4) is 0 Å². The van der Waals surface area contributed by atoms with Crippen LogP contribution in [0, 0.1) is 11.8 Å². The van der Waals surface area contributed by atoms with Crippen molar-refractivity contribution >= 4 is 11.8 Å². The lowest BCUT2D eigenvalue weighted by molar-refractivity contribution is -0.124. The SMILES string of the molecule is COc1cccc(C(=O)N2C[C@H](C(=O)NCCC(C)C)[C@@H](c3cc(OC)ccc3OC)C2)c1. The number of nitrogens with zero attached hydrogens (tertiary/aromatic N) is 1. The normalized spacial score (nSPS) is 17.7. The predicted octanol–water partition coefficient (Wildman–Crippen LogP) is 3.73. The Balaban J connectivity index is 1.91. The molecule has 0 unspecified atom stereocenters. The molecule has 0 aromatic heterocycles. The average Bonchev–Trinajstić information content (AvgIpc) is 3.28. The van der Waals surface area contributed by atoms with E-state index in [2.05, 4.69) is 19.2 Å². The molecule has 0 saturated carbocycles. The number of hydrogen-bond acceptors (Lipinski definition) is 5. The third-order valence-electron chi connectivity index (χ3n) is 6.12. The van der Waals surface area contributed by atoms with Crippen molar-refractivity contribution in [2.24, 2.45) is 11.8 Å². The van der Waals surface area contributed by atoms with Crippen molar-refractivity contribution in [3.63, 3.8) is 0 Å². The van der Waals surface area contributed by atoms with Crippen LogP contribution >= 0.6 is 0 Å². The summed E-state index contributed by atoms with van der Waals surface area (Å²) in [5.74, 6) is 1.68. The van der Waals surface area contributed by atoms with Crippen molar-refractivity contribution in [1.82, 2.24) is 10.2 Å². The Bertz CT molecular complexity index is 975. The smallest absolute Gasteiger partial charge is 0.254 e. The molecule has 0 bridgehead atoms. The van der Waals surface area contributed by atoms with Crippen molar-refractivity contribution in [1.29, 1.82) is 0 Å². The molecule has 33 heavy (non-hydrogen) atoms. The number of methoxy groups -OCH3 is 3. The van der Waals surface area contributed by atoms with E-state index in [1.165, 1.54) is 0 Å². The average molecular weight is 455 g/mol. The molecule has 1 heterocycles. The van der Waals surface area contributed by atoms with Crippen molar-refractivity contribution in [2.45, 2.75) is 26.2 Å². The van der Waals surface area contributed by atoms with Gasteiger partial charge in [-0.05, 0) is 48.7 Å². The van der Waals surface area contributed by atoms with Crippen LogP contribution in [0.4, 0.5) is 0 Å². The first kappa shape index (κ1) is 24.4. The van der Waals surface area contributed by atoms with E-state index in [0.29, 0.717) is 48.4 Å². The molecule has 0 spiro atoms. The third-order valence-corrected chi connectivity index (χ3v) is 6.12. The molecule has 1 saturated heterocycles. The fraction of sp³-hybridized carbons (Fsp3) is 0.462. The maximum absolute atomic E-state index is 13.3. The summed E-state index contributed by atoms with van der Waals surface area (Å²) in [6.07, 6.45) is 0.901. The third kappa shape index (κ3) is 5.78. The summed E-state index contributed by atoms with van der Waals surface area (Å²) >= 11 is 0. The molecule has 3 rings (SSSR count). The van der Waals surface area contributed by atoms with E-state index >= 15 is 0 Å². The highest BCUT2D eigenvalue weighted by atomic mass is 16.5. The molecule has 2 aromatic carbocycles. The van der Waals surface area contributed by atoms with E-state index in [1.807, 2.05) is 18.2 Å². The maximum atomic E-state index is 13.3. The number of nitrogens with one attached hydrogen (secondary N) is 1. The van der Waals surface area contributed by atoms with E-state index in [9.17, 15) is 9.59 Å². The van der Waals surface area contributed by atoms with Crippen molar-refractivity contribution in [3.8, 4) is 17.2 Å². The highest BCUT2D eigenvalue weighted by Gasteiger charge is 2.42. The Morgan fingerprint density at radius 3 is 2.39 bits per heavy atom. The first-order chi connectivity index (χ1) is 15.9. The lowest BCUT2D eigenvalue weighted by Crippen LogP contribution is -2.36. The van der Waals surface area contributed by atoms with Crippen molar-refractivity contribution in [2.75, 3.05) is 41.0 Å². The summed E-state index contributed by atoms with van der Waals surface area (Å²) < 4.78 is 16.3. The summed E-state index contributed by atoms with van der Waals surface area (Å²) in [4.78, 5) is 28.3. The van der Waals surface area contributed by atoms with Gasteiger partial charge in [0.1, 0.15) is 17.2 Å². The van der Waals surface area contributed by atoms with Gasteiger partial charge in [0.2, 0.25) is 5.91 Å². The lowest BCUT2D eigenvalue weighted by atomic mass is 9.87. The number of likely N-dealkylation sites (tertiary alicyclic amines) is 1. The zero-order valence-electron chi connectivity index (χ0n) is 20.1. The minimum absolute atomic E-state index is 0.0496. The van der Waals surface area contributed by atoms with Gasteiger partial charge < -0.3 is 24.4 Å². The van der Waals surface area contributed by atoms with Gasteiger partial charge in [-0.15, -0.1) is 0 Å². The molecule has 0 aliphatic carbocycles. The van der Waals surface area contributed by atoms with Gasteiger partial charge in [-0.1, -0.05) is 19.9 Å². The minimum Gasteiger partial charge on any atom is -0.497 e. The van der Waals surface area contributed by atoms with Gasteiger partial charge in [-0.3, -0.25) is 9.59 Å². The summed E-state index contributed by atoms with van der Waals surface area (Å²) in [5.41, 5.74) is 1.40. The topological polar surface area (TPSA) is 77.1 Å². The van der Waals surface area contributed by atoms with Crippen LogP contribution in [-0.4, -0.2) is 57.7 Å². The molecule has 7 heteroatoms. The largest absolute Gasteiger partial charge is 0.497 e. The molecule has 2 aromatic rings. The fourth-order valence-corrected chi connectivity index (χ4v) is 4.23. The number of rotatable bonds is 9. The lowest BCUT2D eigenvalue weighted by Gasteiger charge is -2.21. The fourth-order valence-electron chi connectivity index (χ4n) is 4.23. The Kier molecular flexibility index (Phi) is 8.20. The van der Waals surface area contributed by atoms with E-state index in [1.54, 1.807) is 50.5 Å². The van der Waals surface area contributed by atoms with Crippen LogP contribution in [0.5, 0.6) is 17.2 Å². The second-order valence-electron chi connectivity index (χ2n) is 8.74. The van der Waals surface area contributed by atoms with Gasteiger partial charge in [0.05, 0.1) is 27.2 Å². The number of amides is 2. The van der Waals surface area contributed by atoms with Gasteiger partial charge in [-0.25, -0.2) is 0 Å². The molecule has 1 N–H and O–H groups in total. The van der Waals surface area contributed by atoms with E-state index in [4.69, 9.17) is 14.2 Å². The number of ether oxygens (including phenoxy) is 3. The molecule has 0 radical (unpaired) electrons. The quantitative estimate of drug-likeness (QED) is 0.625. The molecule has 2 amide bonds. The Morgan fingerprint density at radius 2 is 1.73 bits per heavy atom. The molecule has 1 fully saturated rings. The molecule has 2 atom stereocenters. The van der Waals surface area contributed by atoms with Gasteiger partial charge in [0, 0.05) is 36.7 Å². The first-order valence-electron chi connectivity index (χ1n) is 11.3. The van der Waals surface area contributed by atoms with Crippen LogP contribution in [0.25, 0.3) is 0 Å². The second-order valence-corrected chi connectivity index (χ2v) is 8.74. The van der Waals surface area contributed by atoms with Gasteiger partial charge in [0.25, 0.3) is 5.91 Å². The van der Waals surface area contributed by atoms with Gasteiger partial charge in [0.15, 0.2) is 0 Å². The van der Waals surface area contributed by atoms with Crippen LogP contribution in [0.2, 0.25) is 0 Å². The van der Waals surface area contributed by atoms with Gasteiger partial charge in [-0.2, -0.15) is 0 Å². The highest BCUT2D eigenvalue weighted by molar-refractivity contribution is 5.95. The summed E-state index contributed by atoms with van der Waals surface area (Å²) in [6.45, 7) is 5.59. The molecule has 1 aliphatic rings. The Labute approximate surface area is 196 Å².